The molecule has 2 aromatic rings. The van der Waals surface area contributed by atoms with Gasteiger partial charge in [-0.05, 0) is 23.8 Å². The third-order valence-corrected chi connectivity index (χ3v) is 3.64. The minimum atomic E-state index is -1.14. The number of benzene rings is 2. The molecule has 1 amide bonds. The van der Waals surface area contributed by atoms with Gasteiger partial charge in [-0.3, -0.25) is 4.79 Å². The first kappa shape index (κ1) is 15.5. The van der Waals surface area contributed by atoms with Crippen LogP contribution in [0.2, 0.25) is 5.02 Å². The summed E-state index contributed by atoms with van der Waals surface area (Å²) >= 11 is 9.24. The molecule has 0 bridgehead atoms. The smallest absolute Gasteiger partial charge is 0.330 e. The largest absolute Gasteiger partial charge is 0.479 e. The molecule has 21 heavy (non-hydrogen) atoms. The Hall–Kier alpha value is -1.85. The molecule has 0 aliphatic heterocycles. The molecule has 2 aromatic carbocycles. The minimum absolute atomic E-state index is 0.224. The monoisotopic (exact) mass is 367 g/mol. The quantitative estimate of drug-likeness (QED) is 0.865. The van der Waals surface area contributed by atoms with Gasteiger partial charge >= 0.3 is 5.97 Å². The van der Waals surface area contributed by atoms with E-state index >= 15 is 0 Å². The average molecular weight is 369 g/mol. The van der Waals surface area contributed by atoms with Crippen LogP contribution < -0.4 is 5.32 Å². The SMILES string of the molecule is O=C(N[C@H](C(=O)O)c1ccccc1)c1ccc(Br)cc1Cl. The molecule has 6 heteroatoms. The van der Waals surface area contributed by atoms with Crippen LogP contribution in [0.15, 0.2) is 53.0 Å². The highest BCUT2D eigenvalue weighted by Gasteiger charge is 2.23. The van der Waals surface area contributed by atoms with Crippen molar-refractivity contribution in [3.63, 3.8) is 0 Å². The number of hydrogen-bond donors (Lipinski definition) is 2. The summed E-state index contributed by atoms with van der Waals surface area (Å²) in [6.07, 6.45) is 0. The first-order chi connectivity index (χ1) is 9.99. The number of rotatable bonds is 4. The lowest BCUT2D eigenvalue weighted by Gasteiger charge is -2.15. The van der Waals surface area contributed by atoms with Gasteiger partial charge in [0.15, 0.2) is 6.04 Å². The van der Waals surface area contributed by atoms with Crippen molar-refractivity contribution in [2.24, 2.45) is 0 Å². The number of halogens is 2. The van der Waals surface area contributed by atoms with Gasteiger partial charge in [-0.1, -0.05) is 57.9 Å². The Labute approximate surface area is 134 Å². The van der Waals surface area contributed by atoms with Crippen LogP contribution in [-0.2, 0) is 4.79 Å². The molecule has 0 heterocycles. The Balaban J connectivity index is 2.25. The summed E-state index contributed by atoms with van der Waals surface area (Å²) in [5, 5.41) is 12.0. The Morgan fingerprint density at radius 3 is 2.38 bits per heavy atom. The number of aliphatic carboxylic acids is 1. The van der Waals surface area contributed by atoms with Gasteiger partial charge in [-0.15, -0.1) is 0 Å². The van der Waals surface area contributed by atoms with Gasteiger partial charge in [-0.25, -0.2) is 4.79 Å². The summed E-state index contributed by atoms with van der Waals surface area (Å²) in [5.74, 6) is -1.67. The fourth-order valence-corrected chi connectivity index (χ4v) is 2.57. The third-order valence-electron chi connectivity index (χ3n) is 2.83. The zero-order chi connectivity index (χ0) is 15.4. The summed E-state index contributed by atoms with van der Waals surface area (Å²) < 4.78 is 0.738. The van der Waals surface area contributed by atoms with Crippen LogP contribution in [0.1, 0.15) is 22.0 Å². The number of nitrogens with one attached hydrogen (secondary N) is 1. The summed E-state index contributed by atoms with van der Waals surface area (Å²) in [6.45, 7) is 0. The summed E-state index contributed by atoms with van der Waals surface area (Å²) in [7, 11) is 0. The molecule has 0 saturated carbocycles. The Bertz CT molecular complexity index is 676. The summed E-state index contributed by atoms with van der Waals surface area (Å²) in [5.41, 5.74) is 0.716. The van der Waals surface area contributed by atoms with Crippen LogP contribution in [0.5, 0.6) is 0 Å². The first-order valence-corrected chi connectivity index (χ1v) is 7.20. The number of carbonyl (C=O) groups is 2. The lowest BCUT2D eigenvalue weighted by molar-refractivity contribution is -0.139. The van der Waals surface area contributed by atoms with Crippen LogP contribution in [0, 0.1) is 0 Å². The van der Waals surface area contributed by atoms with Crippen molar-refractivity contribution in [3.8, 4) is 0 Å². The van der Waals surface area contributed by atoms with Crippen LogP contribution in [0.25, 0.3) is 0 Å². The van der Waals surface area contributed by atoms with Crippen molar-refractivity contribution in [3.05, 3.63) is 69.2 Å². The van der Waals surface area contributed by atoms with E-state index < -0.39 is 17.9 Å². The van der Waals surface area contributed by atoms with Crippen LogP contribution in [0.3, 0.4) is 0 Å². The highest BCUT2D eigenvalue weighted by atomic mass is 79.9. The molecular formula is C15H11BrClNO3. The van der Waals surface area contributed by atoms with Crippen molar-refractivity contribution >= 4 is 39.4 Å². The number of hydrogen-bond acceptors (Lipinski definition) is 2. The molecule has 0 unspecified atom stereocenters. The second-order valence-corrected chi connectivity index (χ2v) is 5.60. The summed E-state index contributed by atoms with van der Waals surface area (Å²) in [4.78, 5) is 23.5. The van der Waals surface area contributed by atoms with Gasteiger partial charge in [-0.2, -0.15) is 0 Å². The first-order valence-electron chi connectivity index (χ1n) is 6.02. The van der Waals surface area contributed by atoms with E-state index in [0.29, 0.717) is 5.56 Å². The van der Waals surface area contributed by atoms with Gasteiger partial charge in [0.1, 0.15) is 0 Å². The fraction of sp³-hybridized carbons (Fsp3) is 0.0667. The number of amides is 1. The Morgan fingerprint density at radius 1 is 1.14 bits per heavy atom. The maximum absolute atomic E-state index is 12.2. The van der Waals surface area contributed by atoms with E-state index in [1.807, 2.05) is 0 Å². The molecule has 0 radical (unpaired) electrons. The van der Waals surface area contributed by atoms with Crippen LogP contribution in [0.4, 0.5) is 0 Å². The van der Waals surface area contributed by atoms with Gasteiger partial charge < -0.3 is 10.4 Å². The molecule has 0 aromatic heterocycles. The second kappa shape index (κ2) is 6.74. The topological polar surface area (TPSA) is 66.4 Å². The van der Waals surface area contributed by atoms with Gasteiger partial charge in [0, 0.05) is 4.47 Å². The maximum Gasteiger partial charge on any atom is 0.330 e. The van der Waals surface area contributed by atoms with E-state index in [0.717, 1.165) is 4.47 Å². The highest BCUT2D eigenvalue weighted by Crippen LogP contribution is 2.22. The van der Waals surface area contributed by atoms with E-state index in [4.69, 9.17) is 11.6 Å². The minimum Gasteiger partial charge on any atom is -0.479 e. The van der Waals surface area contributed by atoms with Gasteiger partial charge in [0.2, 0.25) is 0 Å². The molecule has 4 nitrogen and oxygen atoms in total. The van der Waals surface area contributed by atoms with Crippen LogP contribution in [-0.4, -0.2) is 17.0 Å². The fourth-order valence-electron chi connectivity index (χ4n) is 1.82. The van der Waals surface area contributed by atoms with E-state index in [2.05, 4.69) is 21.2 Å². The Morgan fingerprint density at radius 2 is 1.81 bits per heavy atom. The van der Waals surface area contributed by atoms with Crippen molar-refractivity contribution in [1.82, 2.24) is 5.32 Å². The molecule has 0 spiro atoms. The molecule has 0 saturated heterocycles. The number of carboxylic acids is 1. The van der Waals surface area contributed by atoms with E-state index in [9.17, 15) is 14.7 Å². The molecular weight excluding hydrogens is 358 g/mol. The molecule has 2 N–H and O–H groups in total. The number of carboxylic acid groups (broad SMARTS) is 1. The summed E-state index contributed by atoms with van der Waals surface area (Å²) in [6, 6.07) is 12.1. The van der Waals surface area contributed by atoms with E-state index in [-0.39, 0.29) is 10.6 Å². The predicted octanol–water partition coefficient (Wildman–Crippen LogP) is 3.66. The lowest BCUT2D eigenvalue weighted by atomic mass is 10.1. The average Bonchev–Trinajstić information content (AvgIpc) is 2.45. The zero-order valence-corrected chi connectivity index (χ0v) is 13.1. The molecule has 0 fully saturated rings. The second-order valence-electron chi connectivity index (χ2n) is 4.28. The van der Waals surface area contributed by atoms with E-state index in [1.54, 1.807) is 42.5 Å². The number of carbonyl (C=O) groups excluding carboxylic acids is 1. The standard InChI is InChI=1S/C15H11BrClNO3/c16-10-6-7-11(12(17)8-10)14(19)18-13(15(20)21)9-4-2-1-3-5-9/h1-8,13H,(H,18,19)(H,20,21)/t13-/m0/s1. The van der Waals surface area contributed by atoms with Crippen molar-refractivity contribution in [2.75, 3.05) is 0 Å². The zero-order valence-electron chi connectivity index (χ0n) is 10.7. The molecule has 108 valence electrons. The highest BCUT2D eigenvalue weighted by molar-refractivity contribution is 9.10. The maximum atomic E-state index is 12.2. The van der Waals surface area contributed by atoms with Crippen LogP contribution >= 0.6 is 27.5 Å². The van der Waals surface area contributed by atoms with Gasteiger partial charge in [0.25, 0.3) is 5.91 Å². The lowest BCUT2D eigenvalue weighted by Crippen LogP contribution is -2.33. The molecule has 0 aliphatic carbocycles. The molecule has 2 rings (SSSR count). The normalized spacial score (nSPS) is 11.7. The molecule has 1 atom stereocenters. The third kappa shape index (κ3) is 3.83. The van der Waals surface area contributed by atoms with Crippen molar-refractivity contribution < 1.29 is 14.7 Å². The predicted molar refractivity (Wildman–Crippen MR) is 83.4 cm³/mol. The van der Waals surface area contributed by atoms with E-state index in [1.165, 1.54) is 6.07 Å². The molecule has 0 aliphatic rings. The van der Waals surface area contributed by atoms with Gasteiger partial charge in [0.05, 0.1) is 10.6 Å². The Kier molecular flexibility index (Phi) is 4.98. The van der Waals surface area contributed by atoms with Crippen molar-refractivity contribution in [1.29, 1.82) is 0 Å². The van der Waals surface area contributed by atoms with Crippen molar-refractivity contribution in [2.45, 2.75) is 6.04 Å².